The van der Waals surface area contributed by atoms with Crippen LogP contribution in [-0.4, -0.2) is 46.1 Å². The number of methoxy groups -OCH3 is 1. The molecule has 0 aliphatic carbocycles. The number of carboxylic acid groups (broad SMARTS) is 1. The standard InChI is InChI=1S/C12H14N2O4S/c1-18-10-8(3-2-5-13-10)9(15)14-12(11(16)17)4-6-19-7-12/h2-3,5H,4,6-7H2,1H3,(H,14,15)(H,16,17)/t12-/m0/s1. The second-order valence-corrected chi connectivity index (χ2v) is 5.31. The number of carbonyl (C=O) groups is 2. The molecule has 1 aromatic rings. The number of carbonyl (C=O) groups excluding carboxylic acids is 1. The maximum absolute atomic E-state index is 12.2. The van der Waals surface area contributed by atoms with Gasteiger partial charge in [-0.05, 0) is 24.3 Å². The highest BCUT2D eigenvalue weighted by atomic mass is 32.2. The number of pyridine rings is 1. The summed E-state index contributed by atoms with van der Waals surface area (Å²) in [5.41, 5.74) is -0.953. The number of hydrogen-bond acceptors (Lipinski definition) is 5. The van der Waals surface area contributed by atoms with E-state index in [4.69, 9.17) is 4.74 Å². The van der Waals surface area contributed by atoms with Gasteiger partial charge in [0.25, 0.3) is 5.91 Å². The molecular weight excluding hydrogens is 268 g/mol. The Kier molecular flexibility index (Phi) is 3.94. The highest BCUT2D eigenvalue weighted by Crippen LogP contribution is 2.29. The van der Waals surface area contributed by atoms with Crippen LogP contribution < -0.4 is 10.1 Å². The van der Waals surface area contributed by atoms with Gasteiger partial charge in [0.15, 0.2) is 0 Å². The van der Waals surface area contributed by atoms with Gasteiger partial charge in [-0.2, -0.15) is 11.8 Å². The van der Waals surface area contributed by atoms with Crippen LogP contribution in [0.3, 0.4) is 0 Å². The lowest BCUT2D eigenvalue weighted by molar-refractivity contribution is -0.143. The van der Waals surface area contributed by atoms with Crippen molar-refractivity contribution in [3.8, 4) is 5.88 Å². The molecule has 102 valence electrons. The number of rotatable bonds is 4. The van der Waals surface area contributed by atoms with Crippen LogP contribution >= 0.6 is 11.8 Å². The summed E-state index contributed by atoms with van der Waals surface area (Å²) in [5, 5.41) is 11.9. The Balaban J connectivity index is 2.23. The van der Waals surface area contributed by atoms with E-state index in [1.807, 2.05) is 0 Å². The minimum absolute atomic E-state index is 0.186. The van der Waals surface area contributed by atoms with Gasteiger partial charge >= 0.3 is 5.97 Å². The first-order chi connectivity index (χ1) is 9.09. The van der Waals surface area contributed by atoms with Crippen LogP contribution in [-0.2, 0) is 4.79 Å². The fourth-order valence-corrected chi connectivity index (χ4v) is 3.22. The molecule has 1 atom stereocenters. The van der Waals surface area contributed by atoms with Gasteiger partial charge in [-0.1, -0.05) is 0 Å². The summed E-state index contributed by atoms with van der Waals surface area (Å²) in [6.07, 6.45) is 1.93. The van der Waals surface area contributed by atoms with E-state index in [1.165, 1.54) is 25.1 Å². The van der Waals surface area contributed by atoms with Crippen molar-refractivity contribution in [2.75, 3.05) is 18.6 Å². The quantitative estimate of drug-likeness (QED) is 0.848. The summed E-state index contributed by atoms with van der Waals surface area (Å²) in [6.45, 7) is 0. The summed E-state index contributed by atoms with van der Waals surface area (Å²) in [6, 6.07) is 3.16. The summed E-state index contributed by atoms with van der Waals surface area (Å²) < 4.78 is 5.00. The summed E-state index contributed by atoms with van der Waals surface area (Å²) in [7, 11) is 1.41. The third kappa shape index (κ3) is 2.65. The summed E-state index contributed by atoms with van der Waals surface area (Å²) in [4.78, 5) is 27.5. The number of nitrogens with one attached hydrogen (secondary N) is 1. The van der Waals surface area contributed by atoms with Crippen LogP contribution in [0.5, 0.6) is 5.88 Å². The number of amides is 1. The zero-order chi connectivity index (χ0) is 13.9. The van der Waals surface area contributed by atoms with Crippen LogP contribution in [0.1, 0.15) is 16.8 Å². The topological polar surface area (TPSA) is 88.5 Å². The predicted octanol–water partition coefficient (Wildman–Crippen LogP) is 0.780. The van der Waals surface area contributed by atoms with E-state index in [2.05, 4.69) is 10.3 Å². The monoisotopic (exact) mass is 282 g/mol. The second-order valence-electron chi connectivity index (χ2n) is 4.20. The first kappa shape index (κ1) is 13.7. The van der Waals surface area contributed by atoms with E-state index < -0.39 is 17.4 Å². The van der Waals surface area contributed by atoms with E-state index >= 15 is 0 Å². The number of hydrogen-bond donors (Lipinski definition) is 2. The minimum atomic E-state index is -1.19. The molecule has 0 aromatic carbocycles. The van der Waals surface area contributed by atoms with Crippen molar-refractivity contribution in [2.45, 2.75) is 12.0 Å². The van der Waals surface area contributed by atoms with Crippen LogP contribution in [0.15, 0.2) is 18.3 Å². The van der Waals surface area contributed by atoms with Crippen molar-refractivity contribution in [1.82, 2.24) is 10.3 Å². The van der Waals surface area contributed by atoms with Crippen molar-refractivity contribution in [2.24, 2.45) is 0 Å². The molecule has 2 rings (SSSR count). The van der Waals surface area contributed by atoms with Crippen molar-refractivity contribution >= 4 is 23.6 Å². The van der Waals surface area contributed by atoms with E-state index in [1.54, 1.807) is 12.1 Å². The lowest BCUT2D eigenvalue weighted by atomic mass is 9.98. The Hall–Kier alpha value is -1.76. The molecule has 2 N–H and O–H groups in total. The van der Waals surface area contributed by atoms with Gasteiger partial charge in [0.1, 0.15) is 11.1 Å². The second kappa shape index (κ2) is 5.48. The average Bonchev–Trinajstić information content (AvgIpc) is 2.88. The van der Waals surface area contributed by atoms with Gasteiger partial charge in [-0.25, -0.2) is 9.78 Å². The Morgan fingerprint density at radius 2 is 2.37 bits per heavy atom. The molecule has 2 heterocycles. The summed E-state index contributed by atoms with van der Waals surface area (Å²) >= 11 is 1.51. The van der Waals surface area contributed by atoms with Crippen LogP contribution in [0, 0.1) is 0 Å². The number of aromatic nitrogens is 1. The predicted molar refractivity (Wildman–Crippen MR) is 70.6 cm³/mol. The smallest absolute Gasteiger partial charge is 0.330 e. The van der Waals surface area contributed by atoms with Crippen LogP contribution in [0.2, 0.25) is 0 Å². The maximum atomic E-state index is 12.2. The molecular formula is C12H14N2O4S. The molecule has 6 nitrogen and oxygen atoms in total. The van der Waals surface area contributed by atoms with Gasteiger partial charge in [0, 0.05) is 11.9 Å². The van der Waals surface area contributed by atoms with Crippen LogP contribution in [0.25, 0.3) is 0 Å². The Morgan fingerprint density at radius 3 is 2.95 bits per heavy atom. The Labute approximate surface area is 114 Å². The normalized spacial score (nSPS) is 21.9. The molecule has 0 spiro atoms. The molecule has 19 heavy (non-hydrogen) atoms. The minimum Gasteiger partial charge on any atom is -0.480 e. The molecule has 0 saturated carbocycles. The first-order valence-electron chi connectivity index (χ1n) is 5.72. The van der Waals surface area contributed by atoms with E-state index in [-0.39, 0.29) is 11.4 Å². The molecule has 1 amide bonds. The zero-order valence-corrected chi connectivity index (χ0v) is 11.2. The molecule has 0 bridgehead atoms. The van der Waals surface area contributed by atoms with E-state index in [0.717, 1.165) is 5.75 Å². The molecule has 1 aromatic heterocycles. The van der Waals surface area contributed by atoms with Crippen molar-refractivity contribution in [3.63, 3.8) is 0 Å². The molecule has 0 unspecified atom stereocenters. The zero-order valence-electron chi connectivity index (χ0n) is 10.4. The molecule has 1 saturated heterocycles. The van der Waals surface area contributed by atoms with Gasteiger partial charge in [0.05, 0.1) is 7.11 Å². The van der Waals surface area contributed by atoms with Crippen molar-refractivity contribution < 1.29 is 19.4 Å². The largest absolute Gasteiger partial charge is 0.480 e. The van der Waals surface area contributed by atoms with Gasteiger partial charge < -0.3 is 15.2 Å². The Bertz CT molecular complexity index is 500. The maximum Gasteiger partial charge on any atom is 0.330 e. The van der Waals surface area contributed by atoms with Gasteiger partial charge in [-0.15, -0.1) is 0 Å². The number of thioether (sulfide) groups is 1. The molecule has 1 aliphatic heterocycles. The lowest BCUT2D eigenvalue weighted by Gasteiger charge is -2.24. The lowest BCUT2D eigenvalue weighted by Crippen LogP contribution is -2.54. The van der Waals surface area contributed by atoms with E-state index in [9.17, 15) is 14.7 Å². The average molecular weight is 282 g/mol. The van der Waals surface area contributed by atoms with Gasteiger partial charge in [0.2, 0.25) is 5.88 Å². The summed E-state index contributed by atoms with van der Waals surface area (Å²) in [5.74, 6) is -0.206. The molecule has 1 fully saturated rings. The molecule has 1 aliphatic rings. The van der Waals surface area contributed by atoms with Crippen molar-refractivity contribution in [1.29, 1.82) is 0 Å². The van der Waals surface area contributed by atoms with Crippen LogP contribution in [0.4, 0.5) is 0 Å². The number of carboxylic acids is 1. The third-order valence-corrected chi connectivity index (χ3v) is 4.18. The fraction of sp³-hybridized carbons (Fsp3) is 0.417. The molecule has 7 heteroatoms. The fourth-order valence-electron chi connectivity index (χ4n) is 1.90. The SMILES string of the molecule is COc1ncccc1C(=O)N[C@@]1(C(=O)O)CCSC1. The first-order valence-corrected chi connectivity index (χ1v) is 6.87. The van der Waals surface area contributed by atoms with Crippen molar-refractivity contribution in [3.05, 3.63) is 23.9 Å². The Morgan fingerprint density at radius 1 is 1.58 bits per heavy atom. The molecule has 0 radical (unpaired) electrons. The highest BCUT2D eigenvalue weighted by molar-refractivity contribution is 7.99. The van der Waals surface area contributed by atoms with E-state index in [0.29, 0.717) is 12.2 Å². The van der Waals surface area contributed by atoms with Gasteiger partial charge in [-0.3, -0.25) is 4.79 Å². The third-order valence-electron chi connectivity index (χ3n) is 2.99. The number of aliphatic carboxylic acids is 1. The number of nitrogens with zero attached hydrogens (tertiary/aromatic N) is 1. The number of ether oxygens (including phenoxy) is 1. The highest BCUT2D eigenvalue weighted by Gasteiger charge is 2.43.